The summed E-state index contributed by atoms with van der Waals surface area (Å²) in [5.74, 6) is -0.350. The van der Waals surface area contributed by atoms with E-state index < -0.39 is 10.0 Å². The minimum absolute atomic E-state index is 0.115. The highest BCUT2D eigenvalue weighted by Gasteiger charge is 2.16. The van der Waals surface area contributed by atoms with Crippen molar-refractivity contribution in [1.82, 2.24) is 4.72 Å². The van der Waals surface area contributed by atoms with Crippen molar-refractivity contribution in [3.63, 3.8) is 0 Å². The van der Waals surface area contributed by atoms with Crippen molar-refractivity contribution in [3.05, 3.63) is 64.4 Å². The van der Waals surface area contributed by atoms with E-state index in [0.29, 0.717) is 10.0 Å². The second-order valence-corrected chi connectivity index (χ2v) is 6.47. The maximum Gasteiger partial charge on any atom is 0.241 e. The van der Waals surface area contributed by atoms with Gasteiger partial charge in [0.1, 0.15) is 5.82 Å². The van der Waals surface area contributed by atoms with E-state index in [2.05, 4.69) is 20.7 Å². The lowest BCUT2D eigenvalue weighted by Crippen LogP contribution is -2.23. The van der Waals surface area contributed by atoms with Gasteiger partial charge in [0.05, 0.1) is 4.90 Å². The Morgan fingerprint density at radius 3 is 2.32 bits per heavy atom. The molecule has 6 heteroatoms. The van der Waals surface area contributed by atoms with Gasteiger partial charge in [-0.3, -0.25) is 0 Å². The predicted molar refractivity (Wildman–Crippen MR) is 74.6 cm³/mol. The molecule has 3 nitrogen and oxygen atoms in total. The molecule has 0 fully saturated rings. The first kappa shape index (κ1) is 14.2. The number of halogens is 2. The van der Waals surface area contributed by atoms with E-state index in [1.54, 1.807) is 18.2 Å². The Morgan fingerprint density at radius 1 is 1.05 bits per heavy atom. The fraction of sp³-hybridized carbons (Fsp3) is 0.0769. The van der Waals surface area contributed by atoms with Gasteiger partial charge in [-0.2, -0.15) is 0 Å². The maximum absolute atomic E-state index is 12.7. The molecule has 2 aromatic carbocycles. The highest BCUT2D eigenvalue weighted by Crippen LogP contribution is 2.21. The lowest BCUT2D eigenvalue weighted by molar-refractivity contribution is 0.580. The Bertz CT molecular complexity index is 671. The molecule has 0 saturated heterocycles. The molecule has 0 heterocycles. The molecule has 0 saturated carbocycles. The topological polar surface area (TPSA) is 46.2 Å². The molecule has 1 N–H and O–H groups in total. The third-order valence-electron chi connectivity index (χ3n) is 2.51. The van der Waals surface area contributed by atoms with Gasteiger partial charge < -0.3 is 0 Å². The van der Waals surface area contributed by atoms with Gasteiger partial charge in [0.2, 0.25) is 10.0 Å². The van der Waals surface area contributed by atoms with Crippen LogP contribution in [0.2, 0.25) is 0 Å². The van der Waals surface area contributed by atoms with Gasteiger partial charge in [-0.05, 0) is 45.8 Å². The van der Waals surface area contributed by atoms with Crippen LogP contribution in [0.5, 0.6) is 0 Å². The van der Waals surface area contributed by atoms with Crippen molar-refractivity contribution in [1.29, 1.82) is 0 Å². The fourth-order valence-corrected chi connectivity index (χ4v) is 3.54. The lowest BCUT2D eigenvalue weighted by atomic mass is 10.2. The van der Waals surface area contributed by atoms with Crippen LogP contribution in [0.3, 0.4) is 0 Å². The summed E-state index contributed by atoms with van der Waals surface area (Å²) in [6, 6.07) is 12.2. The summed E-state index contributed by atoms with van der Waals surface area (Å²) in [5, 5.41) is 0. The number of nitrogens with one attached hydrogen (secondary N) is 1. The Balaban J connectivity index is 2.14. The van der Waals surface area contributed by atoms with Crippen molar-refractivity contribution in [2.24, 2.45) is 0 Å². The SMILES string of the molecule is O=S(=O)(NCc1ccc(F)cc1)c1ccccc1Br. The van der Waals surface area contributed by atoms with Crippen LogP contribution in [0.15, 0.2) is 57.9 Å². The third-order valence-corrected chi connectivity index (χ3v) is 4.92. The summed E-state index contributed by atoms with van der Waals surface area (Å²) in [7, 11) is -3.59. The van der Waals surface area contributed by atoms with Crippen LogP contribution >= 0.6 is 15.9 Å². The number of rotatable bonds is 4. The second kappa shape index (κ2) is 5.81. The van der Waals surface area contributed by atoms with E-state index in [0.717, 1.165) is 0 Å². The smallest absolute Gasteiger partial charge is 0.207 e. The fourth-order valence-electron chi connectivity index (χ4n) is 1.52. The Kier molecular flexibility index (Phi) is 4.34. The van der Waals surface area contributed by atoms with Crippen molar-refractivity contribution < 1.29 is 12.8 Å². The number of sulfonamides is 1. The van der Waals surface area contributed by atoms with Crippen molar-refractivity contribution in [2.75, 3.05) is 0 Å². The molecule has 0 radical (unpaired) electrons. The van der Waals surface area contributed by atoms with E-state index in [9.17, 15) is 12.8 Å². The van der Waals surface area contributed by atoms with Gasteiger partial charge in [-0.25, -0.2) is 17.5 Å². The molecule has 0 atom stereocenters. The molecule has 0 unspecified atom stereocenters. The summed E-state index contributed by atoms with van der Waals surface area (Å²) in [5.41, 5.74) is 0.692. The van der Waals surface area contributed by atoms with Gasteiger partial charge in [-0.15, -0.1) is 0 Å². The second-order valence-electron chi connectivity index (χ2n) is 3.88. The van der Waals surface area contributed by atoms with Crippen LogP contribution in [-0.4, -0.2) is 8.42 Å². The van der Waals surface area contributed by atoms with Gasteiger partial charge in [0, 0.05) is 11.0 Å². The van der Waals surface area contributed by atoms with Crippen LogP contribution in [-0.2, 0) is 16.6 Å². The van der Waals surface area contributed by atoms with Crippen molar-refractivity contribution in [3.8, 4) is 0 Å². The van der Waals surface area contributed by atoms with Crippen molar-refractivity contribution in [2.45, 2.75) is 11.4 Å². The highest BCUT2D eigenvalue weighted by molar-refractivity contribution is 9.10. The van der Waals surface area contributed by atoms with E-state index in [1.165, 1.54) is 30.3 Å². The van der Waals surface area contributed by atoms with Gasteiger partial charge in [0.25, 0.3) is 0 Å². The molecule has 19 heavy (non-hydrogen) atoms. The number of hydrogen-bond donors (Lipinski definition) is 1. The average molecular weight is 344 g/mol. The zero-order chi connectivity index (χ0) is 13.9. The third kappa shape index (κ3) is 3.62. The molecule has 0 aliphatic carbocycles. The lowest BCUT2D eigenvalue weighted by Gasteiger charge is -2.08. The maximum atomic E-state index is 12.7. The molecule has 0 amide bonds. The first-order chi connectivity index (χ1) is 8.99. The normalized spacial score (nSPS) is 11.5. The average Bonchev–Trinajstić information content (AvgIpc) is 2.38. The molecule has 0 aromatic heterocycles. The van der Waals surface area contributed by atoms with Gasteiger partial charge >= 0.3 is 0 Å². The van der Waals surface area contributed by atoms with E-state index >= 15 is 0 Å². The molecular weight excluding hydrogens is 333 g/mol. The van der Waals surface area contributed by atoms with Crippen molar-refractivity contribution >= 4 is 26.0 Å². The number of benzene rings is 2. The standard InChI is InChI=1S/C13H11BrFNO2S/c14-12-3-1-2-4-13(12)19(17,18)16-9-10-5-7-11(15)8-6-10/h1-8,16H,9H2. The van der Waals surface area contributed by atoms with E-state index in [4.69, 9.17) is 0 Å². The zero-order valence-corrected chi connectivity index (χ0v) is 12.2. The summed E-state index contributed by atoms with van der Waals surface area (Å²) < 4.78 is 39.9. The minimum Gasteiger partial charge on any atom is -0.207 e. The first-order valence-electron chi connectivity index (χ1n) is 5.48. The number of hydrogen-bond acceptors (Lipinski definition) is 2. The largest absolute Gasteiger partial charge is 0.241 e. The van der Waals surface area contributed by atoms with Crippen LogP contribution in [0, 0.1) is 5.82 Å². The van der Waals surface area contributed by atoms with Crippen LogP contribution in [0.25, 0.3) is 0 Å². The molecular formula is C13H11BrFNO2S. The van der Waals surface area contributed by atoms with E-state index in [-0.39, 0.29) is 17.3 Å². The van der Waals surface area contributed by atoms with Crippen LogP contribution in [0.4, 0.5) is 4.39 Å². The summed E-state index contributed by atoms with van der Waals surface area (Å²) in [6.07, 6.45) is 0. The Hall–Kier alpha value is -1.24. The van der Waals surface area contributed by atoms with Crippen LogP contribution < -0.4 is 4.72 Å². The monoisotopic (exact) mass is 343 g/mol. The predicted octanol–water partition coefficient (Wildman–Crippen LogP) is 3.07. The molecule has 2 aromatic rings. The Morgan fingerprint density at radius 2 is 1.68 bits per heavy atom. The molecule has 100 valence electrons. The first-order valence-corrected chi connectivity index (χ1v) is 7.75. The summed E-state index contributed by atoms with van der Waals surface area (Å²) >= 11 is 3.20. The highest BCUT2D eigenvalue weighted by atomic mass is 79.9. The molecule has 2 rings (SSSR count). The van der Waals surface area contributed by atoms with Gasteiger partial charge in [-0.1, -0.05) is 24.3 Å². The van der Waals surface area contributed by atoms with Crippen LogP contribution in [0.1, 0.15) is 5.56 Å². The molecule has 0 spiro atoms. The summed E-state index contributed by atoms with van der Waals surface area (Å²) in [6.45, 7) is 0.115. The molecule has 0 aliphatic heterocycles. The quantitative estimate of drug-likeness (QED) is 0.927. The summed E-state index contributed by atoms with van der Waals surface area (Å²) in [4.78, 5) is 0.178. The zero-order valence-electron chi connectivity index (χ0n) is 9.81. The molecule has 0 aliphatic rings. The minimum atomic E-state index is -3.59. The van der Waals surface area contributed by atoms with E-state index in [1.807, 2.05) is 0 Å². The van der Waals surface area contributed by atoms with Gasteiger partial charge in [0.15, 0.2) is 0 Å². The Labute approximate surface area is 119 Å². The molecule has 0 bridgehead atoms.